The second-order valence-electron chi connectivity index (χ2n) is 5.00. The summed E-state index contributed by atoms with van der Waals surface area (Å²) in [5, 5.41) is 3.41. The Morgan fingerprint density at radius 1 is 1.29 bits per heavy atom. The molecule has 0 saturated heterocycles. The summed E-state index contributed by atoms with van der Waals surface area (Å²) in [7, 11) is 1.44. The van der Waals surface area contributed by atoms with E-state index in [1.54, 1.807) is 18.2 Å². The van der Waals surface area contributed by atoms with Crippen LogP contribution in [0.3, 0.4) is 0 Å². The Hall–Kier alpha value is -2.01. The van der Waals surface area contributed by atoms with E-state index >= 15 is 0 Å². The van der Waals surface area contributed by atoms with Gasteiger partial charge in [-0.3, -0.25) is 0 Å². The molecule has 2 heterocycles. The van der Waals surface area contributed by atoms with E-state index in [9.17, 15) is 4.39 Å². The first-order chi connectivity index (χ1) is 10.1. The average Bonchev–Trinajstić information content (AvgIpc) is 2.97. The number of ether oxygens (including phenoxy) is 1. The minimum atomic E-state index is -0.464. The van der Waals surface area contributed by atoms with Gasteiger partial charge in [0.1, 0.15) is 16.2 Å². The van der Waals surface area contributed by atoms with E-state index < -0.39 is 5.82 Å². The zero-order chi connectivity index (χ0) is 15.0. The molecule has 0 aliphatic carbocycles. The van der Waals surface area contributed by atoms with Crippen molar-refractivity contribution >= 4 is 22.2 Å². The number of thiazole rings is 1. The molecule has 2 aromatic heterocycles. The molecule has 0 atom stereocenters. The topological polar surface area (TPSA) is 35.0 Å². The van der Waals surface area contributed by atoms with Crippen LogP contribution in [0.15, 0.2) is 23.6 Å². The van der Waals surface area contributed by atoms with Crippen LogP contribution in [-0.2, 0) is 0 Å². The smallest absolute Gasteiger partial charge is 0.191 e. The maximum absolute atomic E-state index is 14.3. The first-order valence-electron chi connectivity index (χ1n) is 6.61. The molecule has 0 N–H and O–H groups in total. The van der Waals surface area contributed by atoms with Gasteiger partial charge in [-0.2, -0.15) is 0 Å². The summed E-state index contributed by atoms with van der Waals surface area (Å²) in [6.07, 6.45) is 0. The highest BCUT2D eigenvalue weighted by Gasteiger charge is 2.13. The molecule has 0 unspecified atom stereocenters. The van der Waals surface area contributed by atoms with Crippen molar-refractivity contribution in [3.05, 3.63) is 41.2 Å². The lowest BCUT2D eigenvalue weighted by Gasteiger charge is -2.05. The molecule has 0 aliphatic rings. The van der Waals surface area contributed by atoms with Gasteiger partial charge < -0.3 is 4.74 Å². The molecular weight excluding hydrogens is 287 g/mol. The lowest BCUT2D eigenvalue weighted by atomic mass is 10.1. The van der Waals surface area contributed by atoms with Crippen molar-refractivity contribution in [2.24, 2.45) is 0 Å². The SMILES string of the molecule is COc1ccc2[c]cc(-c3nc(C(C)C)cs3)nc2c1F. The second kappa shape index (κ2) is 5.41. The van der Waals surface area contributed by atoms with Gasteiger partial charge in [0.25, 0.3) is 0 Å². The summed E-state index contributed by atoms with van der Waals surface area (Å²) in [5.41, 5.74) is 1.91. The predicted molar refractivity (Wildman–Crippen MR) is 82.3 cm³/mol. The Labute approximate surface area is 126 Å². The first kappa shape index (κ1) is 13.9. The minimum Gasteiger partial charge on any atom is -0.494 e. The highest BCUT2D eigenvalue weighted by molar-refractivity contribution is 7.13. The van der Waals surface area contributed by atoms with Gasteiger partial charge in [-0.15, -0.1) is 11.3 Å². The first-order valence-corrected chi connectivity index (χ1v) is 7.49. The summed E-state index contributed by atoms with van der Waals surface area (Å²) < 4.78 is 19.3. The number of hydrogen-bond donors (Lipinski definition) is 0. The number of benzene rings is 1. The van der Waals surface area contributed by atoms with E-state index in [0.29, 0.717) is 17.0 Å². The molecule has 3 aromatic rings. The van der Waals surface area contributed by atoms with Crippen LogP contribution in [0.25, 0.3) is 21.6 Å². The molecule has 0 saturated carbocycles. The number of methoxy groups -OCH3 is 1. The summed E-state index contributed by atoms with van der Waals surface area (Å²) in [6.45, 7) is 4.17. The number of fused-ring (bicyclic) bond motifs is 1. The quantitative estimate of drug-likeness (QED) is 0.718. The van der Waals surface area contributed by atoms with E-state index in [0.717, 1.165) is 10.7 Å². The van der Waals surface area contributed by atoms with Crippen molar-refractivity contribution in [1.82, 2.24) is 9.97 Å². The zero-order valence-corrected chi connectivity index (χ0v) is 12.8. The van der Waals surface area contributed by atoms with Crippen molar-refractivity contribution in [2.75, 3.05) is 7.11 Å². The molecule has 107 valence electrons. The molecule has 3 rings (SSSR count). The van der Waals surface area contributed by atoms with E-state index in [2.05, 4.69) is 29.9 Å². The van der Waals surface area contributed by atoms with Crippen LogP contribution in [0.4, 0.5) is 4.39 Å². The normalized spacial score (nSPS) is 11.3. The Morgan fingerprint density at radius 3 is 2.76 bits per heavy atom. The predicted octanol–water partition coefficient (Wildman–Crippen LogP) is 4.43. The number of pyridine rings is 1. The van der Waals surface area contributed by atoms with Gasteiger partial charge >= 0.3 is 0 Å². The number of halogens is 1. The highest BCUT2D eigenvalue weighted by Crippen LogP contribution is 2.29. The third-order valence-electron chi connectivity index (χ3n) is 3.23. The van der Waals surface area contributed by atoms with Gasteiger partial charge in [0.05, 0.1) is 12.8 Å². The van der Waals surface area contributed by atoms with Crippen molar-refractivity contribution in [1.29, 1.82) is 0 Å². The molecule has 3 nitrogen and oxygen atoms in total. The monoisotopic (exact) mass is 301 g/mol. The summed E-state index contributed by atoms with van der Waals surface area (Å²) in [6, 6.07) is 8.13. The Balaban J connectivity index is 2.13. The van der Waals surface area contributed by atoms with Crippen molar-refractivity contribution in [3.63, 3.8) is 0 Å². The van der Waals surface area contributed by atoms with Crippen LogP contribution in [0.2, 0.25) is 0 Å². The molecule has 5 heteroatoms. The molecule has 0 spiro atoms. The third-order valence-corrected chi connectivity index (χ3v) is 4.11. The van der Waals surface area contributed by atoms with Crippen LogP contribution in [-0.4, -0.2) is 17.1 Å². The molecule has 21 heavy (non-hydrogen) atoms. The van der Waals surface area contributed by atoms with E-state index in [1.165, 1.54) is 18.4 Å². The van der Waals surface area contributed by atoms with Crippen molar-refractivity contribution < 1.29 is 9.13 Å². The average molecular weight is 301 g/mol. The van der Waals surface area contributed by atoms with E-state index in [-0.39, 0.29) is 11.3 Å². The van der Waals surface area contributed by atoms with Gasteiger partial charge in [-0.05, 0) is 30.2 Å². The Bertz CT molecular complexity index is 798. The molecular formula is C16H14FN2OS. The lowest BCUT2D eigenvalue weighted by Crippen LogP contribution is -1.93. The van der Waals surface area contributed by atoms with Crippen LogP contribution in [0.1, 0.15) is 25.5 Å². The van der Waals surface area contributed by atoms with Gasteiger partial charge in [-0.25, -0.2) is 14.4 Å². The fraction of sp³-hybridized carbons (Fsp3) is 0.250. The maximum atomic E-state index is 14.3. The fourth-order valence-corrected chi connectivity index (χ4v) is 2.95. The highest BCUT2D eigenvalue weighted by atomic mass is 32.1. The van der Waals surface area contributed by atoms with Gasteiger partial charge in [0, 0.05) is 10.8 Å². The van der Waals surface area contributed by atoms with Gasteiger partial charge in [-0.1, -0.05) is 13.8 Å². The largest absolute Gasteiger partial charge is 0.494 e. The summed E-state index contributed by atoms with van der Waals surface area (Å²) >= 11 is 1.51. The summed E-state index contributed by atoms with van der Waals surface area (Å²) in [4.78, 5) is 8.93. The van der Waals surface area contributed by atoms with E-state index in [1.807, 2.05) is 5.38 Å². The van der Waals surface area contributed by atoms with E-state index in [4.69, 9.17) is 4.74 Å². The molecule has 0 amide bonds. The van der Waals surface area contributed by atoms with Crippen LogP contribution >= 0.6 is 11.3 Å². The fourth-order valence-electron chi connectivity index (χ4n) is 2.01. The van der Waals surface area contributed by atoms with Crippen molar-refractivity contribution in [3.8, 4) is 16.5 Å². The molecule has 0 aliphatic heterocycles. The van der Waals surface area contributed by atoms with Crippen LogP contribution < -0.4 is 4.74 Å². The van der Waals surface area contributed by atoms with Gasteiger partial charge in [0.15, 0.2) is 11.6 Å². The molecule has 0 bridgehead atoms. The molecule has 1 radical (unpaired) electrons. The Morgan fingerprint density at radius 2 is 2.10 bits per heavy atom. The van der Waals surface area contributed by atoms with Crippen LogP contribution in [0, 0.1) is 11.9 Å². The second-order valence-corrected chi connectivity index (χ2v) is 5.85. The molecule has 1 aromatic carbocycles. The minimum absolute atomic E-state index is 0.183. The molecule has 0 fully saturated rings. The zero-order valence-electron chi connectivity index (χ0n) is 12.0. The van der Waals surface area contributed by atoms with Crippen molar-refractivity contribution in [2.45, 2.75) is 19.8 Å². The maximum Gasteiger partial charge on any atom is 0.191 e. The number of nitrogens with zero attached hydrogens (tertiary/aromatic N) is 2. The van der Waals surface area contributed by atoms with Gasteiger partial charge in [0.2, 0.25) is 0 Å². The van der Waals surface area contributed by atoms with Crippen LogP contribution in [0.5, 0.6) is 5.75 Å². The number of rotatable bonds is 3. The third kappa shape index (κ3) is 2.49. The Kier molecular flexibility index (Phi) is 3.59. The number of hydrogen-bond acceptors (Lipinski definition) is 4. The number of aromatic nitrogens is 2. The standard InChI is InChI=1S/C16H14FN2OS/c1-9(2)12-8-21-16(19-12)11-6-4-10-5-7-13(20-3)14(17)15(10)18-11/h5-9H,1-3H3. The summed E-state index contributed by atoms with van der Waals surface area (Å²) in [5.74, 6) is 0.0764. The lowest BCUT2D eigenvalue weighted by molar-refractivity contribution is 0.388.